The summed E-state index contributed by atoms with van der Waals surface area (Å²) < 4.78 is 5.33. The number of ketones is 1. The van der Waals surface area contributed by atoms with Crippen LogP contribution in [0.1, 0.15) is 28.8 Å². The lowest BCUT2D eigenvalue weighted by Gasteiger charge is -2.28. The predicted octanol–water partition coefficient (Wildman–Crippen LogP) is 3.71. The zero-order chi connectivity index (χ0) is 21.1. The number of Topliss-reactive ketones (excluding diaryl/α,β-unsaturated/α-hetero) is 1. The number of amides is 1. The molecule has 1 amide bonds. The summed E-state index contributed by atoms with van der Waals surface area (Å²) >= 11 is 0. The highest BCUT2D eigenvalue weighted by Crippen LogP contribution is 2.30. The van der Waals surface area contributed by atoms with Crippen molar-refractivity contribution in [3.63, 3.8) is 0 Å². The molecular formula is C23H20N4O3. The molecule has 30 heavy (non-hydrogen) atoms. The molecule has 7 heteroatoms. The Morgan fingerprint density at radius 2 is 1.90 bits per heavy atom. The lowest BCUT2D eigenvalue weighted by molar-refractivity contribution is -0.126. The van der Waals surface area contributed by atoms with E-state index in [-0.39, 0.29) is 5.56 Å². The molecule has 1 aliphatic heterocycles. The van der Waals surface area contributed by atoms with Crippen LogP contribution in [0.2, 0.25) is 0 Å². The zero-order valence-electron chi connectivity index (χ0n) is 16.5. The van der Waals surface area contributed by atoms with Gasteiger partial charge in [-0.3, -0.25) is 9.59 Å². The second-order valence-corrected chi connectivity index (χ2v) is 6.99. The van der Waals surface area contributed by atoms with Crippen molar-refractivity contribution in [3.8, 4) is 5.75 Å². The van der Waals surface area contributed by atoms with Crippen LogP contribution in [0.3, 0.4) is 0 Å². The molecule has 7 nitrogen and oxygen atoms in total. The monoisotopic (exact) mass is 400 g/mol. The van der Waals surface area contributed by atoms with Gasteiger partial charge in [-0.1, -0.05) is 35.9 Å². The number of aromatic nitrogens is 2. The summed E-state index contributed by atoms with van der Waals surface area (Å²) in [4.78, 5) is 38.2. The van der Waals surface area contributed by atoms with Gasteiger partial charge in [0.15, 0.2) is 5.70 Å². The highest BCUT2D eigenvalue weighted by atomic mass is 16.5. The van der Waals surface area contributed by atoms with Crippen LogP contribution in [0.25, 0.3) is 21.6 Å². The van der Waals surface area contributed by atoms with Crippen LogP contribution in [0, 0.1) is 6.57 Å². The number of methoxy groups -OCH3 is 1. The Morgan fingerprint density at radius 1 is 1.17 bits per heavy atom. The van der Waals surface area contributed by atoms with Crippen molar-refractivity contribution in [2.75, 3.05) is 20.2 Å². The first kappa shape index (κ1) is 19.4. The maximum Gasteiger partial charge on any atom is 0.295 e. The Morgan fingerprint density at radius 3 is 2.57 bits per heavy atom. The van der Waals surface area contributed by atoms with Crippen molar-refractivity contribution in [3.05, 3.63) is 76.9 Å². The SMILES string of the molecule is [C-]#[N+]C(=C1CCN(C(=O)C(=O)c2c[nH]c3nccc(OC)c23)CC1)c1ccccc1. The van der Waals surface area contributed by atoms with Crippen LogP contribution in [-0.2, 0) is 4.79 Å². The highest BCUT2D eigenvalue weighted by Gasteiger charge is 2.29. The Kier molecular flexibility index (Phi) is 5.31. The Balaban J connectivity index is 1.53. The van der Waals surface area contributed by atoms with Crippen molar-refractivity contribution < 1.29 is 14.3 Å². The zero-order valence-corrected chi connectivity index (χ0v) is 16.5. The summed E-state index contributed by atoms with van der Waals surface area (Å²) in [5.74, 6) is -0.649. The standard InChI is InChI=1S/C23H20N4O3/c1-24-20(15-6-4-3-5-7-15)16-9-12-27(13-10-16)23(29)21(28)17-14-26-22-19(17)18(30-2)8-11-25-22/h3-8,11,14H,9-10,12-13H2,2H3,(H,25,26). The molecule has 0 spiro atoms. The molecule has 0 bridgehead atoms. The third-order valence-electron chi connectivity index (χ3n) is 5.34. The minimum Gasteiger partial charge on any atom is -0.496 e. The number of hydrogen-bond donors (Lipinski definition) is 1. The van der Waals surface area contributed by atoms with Gasteiger partial charge in [-0.25, -0.2) is 9.83 Å². The second kappa shape index (κ2) is 8.21. The second-order valence-electron chi connectivity index (χ2n) is 6.99. The number of rotatable bonds is 4. The van der Waals surface area contributed by atoms with Crippen LogP contribution in [0.4, 0.5) is 0 Å². The van der Waals surface area contributed by atoms with Gasteiger partial charge < -0.3 is 14.6 Å². The van der Waals surface area contributed by atoms with E-state index in [2.05, 4.69) is 14.8 Å². The van der Waals surface area contributed by atoms with Gasteiger partial charge in [0.05, 0.1) is 24.6 Å². The predicted molar refractivity (Wildman–Crippen MR) is 113 cm³/mol. The molecule has 1 aromatic carbocycles. The van der Waals surface area contributed by atoms with E-state index in [0.29, 0.717) is 48.4 Å². The maximum absolute atomic E-state index is 12.9. The molecule has 0 radical (unpaired) electrons. The fraction of sp³-hybridized carbons (Fsp3) is 0.217. The van der Waals surface area contributed by atoms with Crippen LogP contribution in [0.15, 0.2) is 54.4 Å². The number of H-pyrrole nitrogens is 1. The van der Waals surface area contributed by atoms with Gasteiger partial charge in [-0.05, 0) is 24.5 Å². The van der Waals surface area contributed by atoms with Crippen molar-refractivity contribution in [2.45, 2.75) is 12.8 Å². The normalized spacial score (nSPS) is 13.7. The average Bonchev–Trinajstić information content (AvgIpc) is 3.24. The fourth-order valence-corrected chi connectivity index (χ4v) is 3.79. The quantitative estimate of drug-likeness (QED) is 0.411. The summed E-state index contributed by atoms with van der Waals surface area (Å²) in [7, 11) is 1.51. The number of pyridine rings is 1. The van der Waals surface area contributed by atoms with Crippen molar-refractivity contribution in [1.82, 2.24) is 14.9 Å². The first-order valence-electron chi connectivity index (χ1n) is 9.62. The summed E-state index contributed by atoms with van der Waals surface area (Å²) in [5.41, 5.74) is 3.30. The molecule has 2 aromatic heterocycles. The number of likely N-dealkylation sites (tertiary alicyclic amines) is 1. The van der Waals surface area contributed by atoms with Gasteiger partial charge in [-0.15, -0.1) is 0 Å². The summed E-state index contributed by atoms with van der Waals surface area (Å²) in [6.45, 7) is 8.37. The molecule has 0 atom stereocenters. The van der Waals surface area contributed by atoms with Gasteiger partial charge in [0, 0.05) is 25.5 Å². The molecule has 0 saturated carbocycles. The average molecular weight is 400 g/mol. The van der Waals surface area contributed by atoms with E-state index in [0.717, 1.165) is 11.1 Å². The molecule has 1 fully saturated rings. The van der Waals surface area contributed by atoms with Crippen molar-refractivity contribution in [1.29, 1.82) is 0 Å². The molecule has 1 aliphatic rings. The summed E-state index contributed by atoms with van der Waals surface area (Å²) in [5, 5.41) is 0.510. The van der Waals surface area contributed by atoms with E-state index in [1.165, 1.54) is 13.3 Å². The van der Waals surface area contributed by atoms with E-state index in [9.17, 15) is 9.59 Å². The number of nitrogens with zero attached hydrogens (tertiary/aromatic N) is 3. The Bertz CT molecular complexity index is 1180. The molecule has 0 aliphatic carbocycles. The van der Waals surface area contributed by atoms with E-state index < -0.39 is 11.7 Å². The molecule has 150 valence electrons. The summed E-state index contributed by atoms with van der Waals surface area (Å²) in [6.07, 6.45) is 4.23. The molecule has 3 aromatic rings. The number of benzene rings is 1. The third-order valence-corrected chi connectivity index (χ3v) is 5.34. The lowest BCUT2D eigenvalue weighted by atomic mass is 9.97. The smallest absolute Gasteiger partial charge is 0.295 e. The van der Waals surface area contributed by atoms with E-state index >= 15 is 0 Å². The van der Waals surface area contributed by atoms with E-state index in [1.807, 2.05) is 30.3 Å². The number of ether oxygens (including phenoxy) is 1. The highest BCUT2D eigenvalue weighted by molar-refractivity contribution is 6.45. The maximum atomic E-state index is 12.9. The number of fused-ring (bicyclic) bond motifs is 1. The van der Waals surface area contributed by atoms with Crippen LogP contribution in [0.5, 0.6) is 5.75 Å². The first-order chi connectivity index (χ1) is 14.6. The van der Waals surface area contributed by atoms with Crippen LogP contribution >= 0.6 is 0 Å². The van der Waals surface area contributed by atoms with Crippen LogP contribution < -0.4 is 4.74 Å². The molecule has 1 N–H and O–H groups in total. The van der Waals surface area contributed by atoms with Crippen LogP contribution in [-0.4, -0.2) is 46.8 Å². The van der Waals surface area contributed by atoms with E-state index in [4.69, 9.17) is 11.3 Å². The number of piperidine rings is 1. The molecular weight excluding hydrogens is 380 g/mol. The molecule has 3 heterocycles. The number of hydrogen-bond acceptors (Lipinski definition) is 4. The topological polar surface area (TPSA) is 79.7 Å². The molecule has 0 unspecified atom stereocenters. The van der Waals surface area contributed by atoms with Gasteiger partial charge in [0.1, 0.15) is 11.4 Å². The van der Waals surface area contributed by atoms with Gasteiger partial charge in [0.2, 0.25) is 0 Å². The molecule has 4 rings (SSSR count). The Hall–Kier alpha value is -3.92. The fourth-order valence-electron chi connectivity index (χ4n) is 3.79. The van der Waals surface area contributed by atoms with Crippen molar-refractivity contribution in [2.24, 2.45) is 0 Å². The van der Waals surface area contributed by atoms with Gasteiger partial charge >= 0.3 is 0 Å². The Labute approximate surface area is 173 Å². The van der Waals surface area contributed by atoms with Crippen molar-refractivity contribution >= 4 is 28.4 Å². The number of aromatic amines is 1. The number of carbonyl (C=O) groups is 2. The lowest BCUT2D eigenvalue weighted by Crippen LogP contribution is -2.40. The molecule has 1 saturated heterocycles. The van der Waals surface area contributed by atoms with Gasteiger partial charge in [-0.2, -0.15) is 0 Å². The first-order valence-corrected chi connectivity index (χ1v) is 9.62. The largest absolute Gasteiger partial charge is 0.496 e. The summed E-state index contributed by atoms with van der Waals surface area (Å²) in [6, 6.07) is 11.2. The van der Waals surface area contributed by atoms with E-state index in [1.54, 1.807) is 17.2 Å². The minimum absolute atomic E-state index is 0.257. The number of nitrogens with one attached hydrogen (secondary N) is 1. The number of carbonyl (C=O) groups excluding carboxylic acids is 2. The van der Waals surface area contributed by atoms with Gasteiger partial charge in [0.25, 0.3) is 11.7 Å². The third kappa shape index (κ3) is 3.44. The minimum atomic E-state index is -0.589.